The first-order valence-electron chi connectivity index (χ1n) is 9.51. The van der Waals surface area contributed by atoms with E-state index in [0.29, 0.717) is 11.4 Å². The first kappa shape index (κ1) is 22.6. The first-order chi connectivity index (χ1) is 14.9. The van der Waals surface area contributed by atoms with Crippen LogP contribution in [-0.2, 0) is 25.8 Å². The van der Waals surface area contributed by atoms with Gasteiger partial charge in [0.15, 0.2) is 9.84 Å². The zero-order chi connectivity index (χ0) is 22.3. The van der Waals surface area contributed by atoms with Gasteiger partial charge in [-0.2, -0.15) is 0 Å². The van der Waals surface area contributed by atoms with E-state index in [0.717, 1.165) is 5.56 Å². The van der Waals surface area contributed by atoms with Crippen molar-refractivity contribution in [2.45, 2.75) is 16.6 Å². The molecule has 0 saturated carbocycles. The third-order valence-electron chi connectivity index (χ3n) is 4.57. The van der Waals surface area contributed by atoms with Gasteiger partial charge in [-0.15, -0.1) is 0 Å². The number of nitrogens with one attached hydrogen (secondary N) is 2. The van der Waals surface area contributed by atoms with Crippen molar-refractivity contribution in [1.82, 2.24) is 10.6 Å². The van der Waals surface area contributed by atoms with Crippen LogP contribution in [0.4, 0.5) is 0 Å². The molecule has 0 radical (unpaired) electrons. The number of benzene rings is 2. The molecule has 0 fully saturated rings. The van der Waals surface area contributed by atoms with E-state index in [2.05, 4.69) is 10.6 Å². The Kier molecular flexibility index (Phi) is 7.49. The zero-order valence-corrected chi connectivity index (χ0v) is 18.0. The summed E-state index contributed by atoms with van der Waals surface area (Å²) in [4.78, 5) is 24.3. The van der Waals surface area contributed by atoms with Gasteiger partial charge in [0.1, 0.15) is 11.0 Å². The number of rotatable bonds is 8. The molecule has 9 heteroatoms. The van der Waals surface area contributed by atoms with Crippen molar-refractivity contribution in [3.05, 3.63) is 89.3 Å². The summed E-state index contributed by atoms with van der Waals surface area (Å²) in [7, 11) is -3.91. The van der Waals surface area contributed by atoms with Crippen molar-refractivity contribution in [3.63, 3.8) is 0 Å². The molecule has 1 atom stereocenters. The fraction of sp³-hybridized carbons (Fsp3) is 0.182. The Bertz CT molecular complexity index is 1110. The highest BCUT2D eigenvalue weighted by molar-refractivity contribution is 7.91. The first-order valence-corrected chi connectivity index (χ1v) is 11.4. The minimum absolute atomic E-state index is 0.0276. The Morgan fingerprint density at radius 2 is 1.58 bits per heavy atom. The molecular weight excluding hydrogens is 440 g/mol. The number of carbonyl (C=O) groups is 2. The number of carbonyl (C=O) groups excluding carboxylic acids is 2. The molecule has 1 aromatic heterocycles. The Labute approximate surface area is 185 Å². The largest absolute Gasteiger partial charge is 0.468 e. The van der Waals surface area contributed by atoms with Gasteiger partial charge in [-0.05, 0) is 48.4 Å². The highest BCUT2D eigenvalue weighted by Crippen LogP contribution is 2.29. The highest BCUT2D eigenvalue weighted by atomic mass is 35.5. The van der Waals surface area contributed by atoms with E-state index in [-0.39, 0.29) is 23.7 Å². The Balaban J connectivity index is 1.63. The van der Waals surface area contributed by atoms with Gasteiger partial charge in [-0.3, -0.25) is 9.59 Å². The standard InChI is InChI=1S/C22H21ClN2O5S/c23-17-8-10-18(11-9-17)31(28,29)20(19-7-4-14-30-19)15-25-22(27)21(26)24-13-12-16-5-2-1-3-6-16/h1-11,14,20H,12-13,15H2,(H,24,26)(H,25,27)/t20-/m1/s1. The molecule has 0 aliphatic heterocycles. The van der Waals surface area contributed by atoms with Crippen LogP contribution in [0, 0.1) is 0 Å². The number of halogens is 1. The molecule has 2 amide bonds. The SMILES string of the molecule is O=C(NCCc1ccccc1)C(=O)NC[C@H](c1ccco1)S(=O)(=O)c1ccc(Cl)cc1. The monoisotopic (exact) mass is 460 g/mol. The Morgan fingerprint density at radius 3 is 2.23 bits per heavy atom. The maximum absolute atomic E-state index is 13.1. The third kappa shape index (κ3) is 5.96. The molecule has 0 unspecified atom stereocenters. The molecule has 0 spiro atoms. The molecule has 0 saturated heterocycles. The zero-order valence-electron chi connectivity index (χ0n) is 16.5. The lowest BCUT2D eigenvalue weighted by Gasteiger charge is -2.16. The fourth-order valence-electron chi connectivity index (χ4n) is 2.94. The topological polar surface area (TPSA) is 105 Å². The molecule has 1 heterocycles. The van der Waals surface area contributed by atoms with E-state index in [1.54, 1.807) is 6.07 Å². The predicted molar refractivity (Wildman–Crippen MR) is 116 cm³/mol. The van der Waals surface area contributed by atoms with Crippen LogP contribution >= 0.6 is 11.6 Å². The van der Waals surface area contributed by atoms with E-state index < -0.39 is 26.9 Å². The lowest BCUT2D eigenvalue weighted by atomic mass is 10.1. The molecule has 7 nitrogen and oxygen atoms in total. The smallest absolute Gasteiger partial charge is 0.309 e. The second-order valence-corrected chi connectivity index (χ2v) is 9.27. The van der Waals surface area contributed by atoms with Crippen LogP contribution in [0.3, 0.4) is 0 Å². The van der Waals surface area contributed by atoms with Crippen molar-refractivity contribution in [3.8, 4) is 0 Å². The third-order valence-corrected chi connectivity index (χ3v) is 6.90. The summed E-state index contributed by atoms with van der Waals surface area (Å²) in [5.74, 6) is -1.60. The molecular formula is C22H21ClN2O5S. The van der Waals surface area contributed by atoms with Crippen LogP contribution in [-0.4, -0.2) is 33.3 Å². The minimum Gasteiger partial charge on any atom is -0.468 e. The van der Waals surface area contributed by atoms with E-state index in [1.807, 2.05) is 30.3 Å². The summed E-state index contributed by atoms with van der Waals surface area (Å²) < 4.78 is 31.5. The average Bonchev–Trinajstić information content (AvgIpc) is 3.29. The lowest BCUT2D eigenvalue weighted by Crippen LogP contribution is -2.42. The Morgan fingerprint density at radius 1 is 0.903 bits per heavy atom. The minimum atomic E-state index is -3.91. The second kappa shape index (κ2) is 10.3. The van der Waals surface area contributed by atoms with Crippen molar-refractivity contribution in [2.75, 3.05) is 13.1 Å². The molecule has 3 aromatic rings. The van der Waals surface area contributed by atoms with Crippen molar-refractivity contribution < 1.29 is 22.4 Å². The summed E-state index contributed by atoms with van der Waals surface area (Å²) in [6.45, 7) is -0.0512. The van der Waals surface area contributed by atoms with Gasteiger partial charge in [0.2, 0.25) is 0 Å². The van der Waals surface area contributed by atoms with Crippen LogP contribution in [0.25, 0.3) is 0 Å². The van der Waals surface area contributed by atoms with Gasteiger partial charge >= 0.3 is 11.8 Å². The molecule has 2 aromatic carbocycles. The van der Waals surface area contributed by atoms with Gasteiger partial charge in [0.05, 0.1) is 11.2 Å². The second-order valence-electron chi connectivity index (χ2n) is 6.70. The van der Waals surface area contributed by atoms with Crippen molar-refractivity contribution in [2.24, 2.45) is 0 Å². The lowest BCUT2D eigenvalue weighted by molar-refractivity contribution is -0.139. The van der Waals surface area contributed by atoms with Gasteiger partial charge < -0.3 is 15.1 Å². The number of sulfone groups is 1. The molecule has 31 heavy (non-hydrogen) atoms. The van der Waals surface area contributed by atoms with E-state index >= 15 is 0 Å². The van der Waals surface area contributed by atoms with Crippen LogP contribution in [0.15, 0.2) is 82.3 Å². The number of hydrogen-bond donors (Lipinski definition) is 2. The van der Waals surface area contributed by atoms with E-state index in [9.17, 15) is 18.0 Å². The van der Waals surface area contributed by atoms with Crippen LogP contribution in [0.2, 0.25) is 5.02 Å². The maximum Gasteiger partial charge on any atom is 0.309 e. The summed E-state index contributed by atoms with van der Waals surface area (Å²) in [5, 5.41) is 4.11. The fourth-order valence-corrected chi connectivity index (χ4v) is 4.65. The highest BCUT2D eigenvalue weighted by Gasteiger charge is 2.32. The van der Waals surface area contributed by atoms with Gasteiger partial charge in [0, 0.05) is 18.1 Å². The quantitative estimate of drug-likeness (QED) is 0.503. The van der Waals surface area contributed by atoms with Crippen LogP contribution in [0.1, 0.15) is 16.6 Å². The van der Waals surface area contributed by atoms with Crippen molar-refractivity contribution in [1.29, 1.82) is 0 Å². The number of amides is 2. The van der Waals surface area contributed by atoms with Gasteiger partial charge in [-0.1, -0.05) is 41.9 Å². The average molecular weight is 461 g/mol. The summed E-state index contributed by atoms with van der Waals surface area (Å²) in [5.41, 5.74) is 1.02. The van der Waals surface area contributed by atoms with Crippen molar-refractivity contribution >= 4 is 33.3 Å². The van der Waals surface area contributed by atoms with Gasteiger partial charge in [-0.25, -0.2) is 8.42 Å². The number of furan rings is 1. The number of hydrogen-bond acceptors (Lipinski definition) is 5. The predicted octanol–water partition coefficient (Wildman–Crippen LogP) is 2.92. The van der Waals surface area contributed by atoms with Gasteiger partial charge in [0.25, 0.3) is 0 Å². The summed E-state index contributed by atoms with van der Waals surface area (Å²) >= 11 is 5.84. The molecule has 0 aliphatic carbocycles. The summed E-state index contributed by atoms with van der Waals surface area (Å²) in [6.07, 6.45) is 1.91. The van der Waals surface area contributed by atoms with E-state index in [1.165, 1.54) is 36.6 Å². The Hall–Kier alpha value is -3.10. The van der Waals surface area contributed by atoms with E-state index in [4.69, 9.17) is 16.0 Å². The van der Waals surface area contributed by atoms with Crippen LogP contribution in [0.5, 0.6) is 0 Å². The molecule has 2 N–H and O–H groups in total. The van der Waals surface area contributed by atoms with Crippen LogP contribution < -0.4 is 10.6 Å². The molecule has 3 rings (SSSR count). The normalized spacial score (nSPS) is 12.2. The summed E-state index contributed by atoms with van der Waals surface area (Å²) in [6, 6.07) is 18.3. The molecule has 0 bridgehead atoms. The maximum atomic E-state index is 13.1. The molecule has 0 aliphatic rings. The molecule has 162 valence electrons.